The van der Waals surface area contributed by atoms with Crippen molar-refractivity contribution in [3.05, 3.63) is 0 Å². The highest BCUT2D eigenvalue weighted by Crippen LogP contribution is 2.11. The normalized spacial score (nSPS) is 11.4. The van der Waals surface area contributed by atoms with Gasteiger partial charge in [-0.2, -0.15) is 0 Å². The molecule has 0 aliphatic carbocycles. The average molecular weight is 289 g/mol. The highest BCUT2D eigenvalue weighted by atomic mass is 16.5. The van der Waals surface area contributed by atoms with Crippen LogP contribution in [0.2, 0.25) is 0 Å². The molecule has 0 unspecified atom stereocenters. The molecule has 0 spiro atoms. The Balaban J connectivity index is 3.02. The Morgan fingerprint density at radius 3 is 1.45 bits per heavy atom. The first-order valence-electron chi connectivity index (χ1n) is 9.05. The first-order chi connectivity index (χ1) is 9.85. The van der Waals surface area contributed by atoms with Crippen LogP contribution in [-0.2, 0) is 4.74 Å². The van der Waals surface area contributed by atoms with Gasteiger partial charge in [0.15, 0.2) is 6.10 Å². The van der Waals surface area contributed by atoms with Crippen LogP contribution in [-0.4, -0.2) is 25.8 Å². The van der Waals surface area contributed by atoms with Crippen LogP contribution in [0.5, 0.6) is 0 Å². The van der Waals surface area contributed by atoms with Gasteiger partial charge in [0.1, 0.15) is 13.1 Å². The Morgan fingerprint density at radius 1 is 0.650 bits per heavy atom. The lowest BCUT2D eigenvalue weighted by atomic mass is 10.1. The van der Waals surface area contributed by atoms with Gasteiger partial charge >= 0.3 is 0 Å². The van der Waals surface area contributed by atoms with Crippen LogP contribution in [0.15, 0.2) is 0 Å². The Bertz CT molecular complexity index is 172. The molecule has 6 N–H and O–H groups in total. The van der Waals surface area contributed by atoms with Crippen molar-refractivity contribution in [1.29, 1.82) is 0 Å². The topological polar surface area (TPSA) is 64.5 Å². The lowest BCUT2D eigenvalue weighted by Crippen LogP contribution is -2.65. The van der Waals surface area contributed by atoms with Crippen molar-refractivity contribution < 1.29 is 16.2 Å². The van der Waals surface area contributed by atoms with Crippen molar-refractivity contribution >= 4 is 0 Å². The fourth-order valence-corrected chi connectivity index (χ4v) is 2.50. The van der Waals surface area contributed by atoms with Gasteiger partial charge in [-0.05, 0) is 6.42 Å². The molecule has 0 aromatic heterocycles. The van der Waals surface area contributed by atoms with Gasteiger partial charge in [0, 0.05) is 6.61 Å². The molecular weight excluding hydrogens is 248 g/mol. The van der Waals surface area contributed by atoms with Crippen LogP contribution < -0.4 is 11.5 Å². The van der Waals surface area contributed by atoms with E-state index in [4.69, 9.17) is 4.74 Å². The van der Waals surface area contributed by atoms with E-state index in [1.165, 1.54) is 77.0 Å². The molecule has 0 amide bonds. The highest BCUT2D eigenvalue weighted by Gasteiger charge is 2.07. The average Bonchev–Trinajstić information content (AvgIpc) is 2.48. The number of hydrogen-bond acceptors (Lipinski definition) is 1. The zero-order chi connectivity index (χ0) is 14.9. The molecule has 0 rings (SSSR count). The Hall–Kier alpha value is -0.120. The summed E-state index contributed by atoms with van der Waals surface area (Å²) in [5.41, 5.74) is 7.74. The van der Waals surface area contributed by atoms with E-state index in [-0.39, 0.29) is 6.10 Å². The van der Waals surface area contributed by atoms with Gasteiger partial charge in [0.05, 0.1) is 0 Å². The number of ether oxygens (including phenoxy) is 1. The molecule has 0 aliphatic rings. The van der Waals surface area contributed by atoms with Gasteiger partial charge in [0.2, 0.25) is 0 Å². The van der Waals surface area contributed by atoms with E-state index < -0.39 is 0 Å². The summed E-state index contributed by atoms with van der Waals surface area (Å²) < 4.78 is 5.71. The fraction of sp³-hybridized carbons (Fsp3) is 1.00. The van der Waals surface area contributed by atoms with Crippen LogP contribution in [0.3, 0.4) is 0 Å². The van der Waals surface area contributed by atoms with E-state index in [1.807, 2.05) is 0 Å². The largest absolute Gasteiger partial charge is 0.366 e. The van der Waals surface area contributed by atoms with Crippen molar-refractivity contribution in [3.63, 3.8) is 0 Å². The third-order valence-electron chi connectivity index (χ3n) is 4.00. The number of unbranched alkanes of at least 4 members (excludes halogenated alkanes) is 11. The van der Waals surface area contributed by atoms with E-state index in [1.54, 1.807) is 0 Å². The molecule has 0 aromatic carbocycles. The SMILES string of the molecule is CCCCCCCCCCCCCCOC(C[NH3+])C[NH3+]. The summed E-state index contributed by atoms with van der Waals surface area (Å²) >= 11 is 0. The fourth-order valence-electron chi connectivity index (χ4n) is 2.50. The monoisotopic (exact) mass is 288 g/mol. The van der Waals surface area contributed by atoms with Crippen molar-refractivity contribution in [3.8, 4) is 0 Å². The van der Waals surface area contributed by atoms with Gasteiger partial charge in [-0.15, -0.1) is 0 Å². The minimum Gasteiger partial charge on any atom is -0.366 e. The predicted octanol–water partition coefficient (Wildman–Crippen LogP) is 2.56. The van der Waals surface area contributed by atoms with Gasteiger partial charge in [0.25, 0.3) is 0 Å². The number of hydrogen-bond donors (Lipinski definition) is 2. The molecular formula is C17H40N2O+2. The smallest absolute Gasteiger partial charge is 0.154 e. The summed E-state index contributed by atoms with van der Waals surface area (Å²) in [7, 11) is 0. The quantitative estimate of drug-likeness (QED) is 0.421. The molecule has 3 heteroatoms. The second-order valence-corrected chi connectivity index (χ2v) is 5.96. The highest BCUT2D eigenvalue weighted by molar-refractivity contribution is 4.51. The number of rotatable bonds is 16. The molecule has 0 saturated heterocycles. The molecule has 0 bridgehead atoms. The second kappa shape index (κ2) is 16.9. The Labute approximate surface area is 126 Å². The van der Waals surface area contributed by atoms with Gasteiger partial charge < -0.3 is 16.2 Å². The van der Waals surface area contributed by atoms with Crippen LogP contribution in [0.4, 0.5) is 0 Å². The zero-order valence-electron chi connectivity index (χ0n) is 14.0. The second-order valence-electron chi connectivity index (χ2n) is 5.96. The summed E-state index contributed by atoms with van der Waals surface area (Å²) in [5.74, 6) is 0. The lowest BCUT2D eigenvalue weighted by molar-refractivity contribution is -0.431. The van der Waals surface area contributed by atoms with Crippen LogP contribution in [0.1, 0.15) is 84.0 Å². The molecule has 0 fully saturated rings. The maximum Gasteiger partial charge on any atom is 0.154 e. The van der Waals surface area contributed by atoms with E-state index in [9.17, 15) is 0 Å². The molecule has 0 atom stereocenters. The molecule has 0 aromatic rings. The minimum atomic E-state index is 0.280. The molecule has 0 heterocycles. The van der Waals surface area contributed by atoms with Crippen molar-refractivity contribution in [2.24, 2.45) is 0 Å². The minimum absolute atomic E-state index is 0.280. The van der Waals surface area contributed by atoms with E-state index in [0.717, 1.165) is 19.7 Å². The lowest BCUT2D eigenvalue weighted by Gasteiger charge is -2.09. The van der Waals surface area contributed by atoms with Gasteiger partial charge in [-0.1, -0.05) is 77.6 Å². The van der Waals surface area contributed by atoms with E-state index >= 15 is 0 Å². The first-order valence-corrected chi connectivity index (χ1v) is 9.05. The molecule has 3 nitrogen and oxygen atoms in total. The molecule has 0 aliphatic heterocycles. The van der Waals surface area contributed by atoms with Crippen LogP contribution >= 0.6 is 0 Å². The maximum atomic E-state index is 5.71. The van der Waals surface area contributed by atoms with E-state index in [2.05, 4.69) is 18.4 Å². The Morgan fingerprint density at radius 2 is 1.05 bits per heavy atom. The molecule has 20 heavy (non-hydrogen) atoms. The summed E-state index contributed by atoms with van der Waals surface area (Å²) in [6.07, 6.45) is 17.0. The zero-order valence-corrected chi connectivity index (χ0v) is 14.0. The van der Waals surface area contributed by atoms with Crippen LogP contribution in [0, 0.1) is 0 Å². The van der Waals surface area contributed by atoms with Crippen molar-refractivity contribution in [2.45, 2.75) is 90.1 Å². The van der Waals surface area contributed by atoms with Crippen molar-refractivity contribution in [1.82, 2.24) is 0 Å². The third kappa shape index (κ3) is 14.3. The summed E-state index contributed by atoms with van der Waals surface area (Å²) in [6, 6.07) is 0. The Kier molecular flexibility index (Phi) is 16.8. The summed E-state index contributed by atoms with van der Waals surface area (Å²) in [6.45, 7) is 4.88. The number of quaternary nitrogens is 2. The van der Waals surface area contributed by atoms with Crippen molar-refractivity contribution in [2.75, 3.05) is 19.7 Å². The van der Waals surface area contributed by atoms with Gasteiger partial charge in [-0.3, -0.25) is 0 Å². The van der Waals surface area contributed by atoms with Crippen LogP contribution in [0.25, 0.3) is 0 Å². The molecule has 0 saturated carbocycles. The predicted molar refractivity (Wildman–Crippen MR) is 86.3 cm³/mol. The third-order valence-corrected chi connectivity index (χ3v) is 4.00. The maximum absolute atomic E-state index is 5.71. The standard InChI is InChI=1S/C17H38N2O/c1-2-3-4-5-6-7-8-9-10-11-12-13-14-20-17(15-18)16-19/h17H,2-16,18-19H2,1H3/p+2. The first kappa shape index (κ1) is 19.9. The van der Waals surface area contributed by atoms with E-state index in [0.29, 0.717) is 0 Å². The molecule has 0 radical (unpaired) electrons. The molecule has 122 valence electrons. The summed E-state index contributed by atoms with van der Waals surface area (Å²) in [5, 5.41) is 0. The van der Waals surface area contributed by atoms with Gasteiger partial charge in [-0.25, -0.2) is 0 Å². The summed E-state index contributed by atoms with van der Waals surface area (Å²) in [4.78, 5) is 0.